The Morgan fingerprint density at radius 3 is 2.72 bits per heavy atom. The van der Waals surface area contributed by atoms with E-state index in [1.165, 1.54) is 12.8 Å². The number of pyridine rings is 1. The second-order valence-corrected chi connectivity index (χ2v) is 5.89. The van der Waals surface area contributed by atoms with E-state index in [1.54, 1.807) is 7.11 Å². The summed E-state index contributed by atoms with van der Waals surface area (Å²) in [5.41, 5.74) is 2.17. The fourth-order valence-electron chi connectivity index (χ4n) is 2.43. The van der Waals surface area contributed by atoms with Crippen LogP contribution in [-0.2, 0) is 13.0 Å². The molecule has 1 heterocycles. The highest BCUT2D eigenvalue weighted by atomic mass is 127. The fraction of sp³-hybridized carbons (Fsp3) is 0.368. The van der Waals surface area contributed by atoms with E-state index in [9.17, 15) is 0 Å². The van der Waals surface area contributed by atoms with Gasteiger partial charge in [0.15, 0.2) is 5.96 Å². The number of hydrogen-bond donors (Lipinski definition) is 2. The number of aliphatic imine (C=N–C) groups is 1. The zero-order valence-corrected chi connectivity index (χ0v) is 16.8. The van der Waals surface area contributed by atoms with E-state index < -0.39 is 0 Å². The van der Waals surface area contributed by atoms with Gasteiger partial charge in [-0.05, 0) is 31.0 Å². The van der Waals surface area contributed by atoms with Gasteiger partial charge in [0, 0.05) is 36.5 Å². The van der Waals surface area contributed by atoms with Gasteiger partial charge in [-0.1, -0.05) is 24.3 Å². The summed E-state index contributed by atoms with van der Waals surface area (Å²) in [6.45, 7) is 1.40. The van der Waals surface area contributed by atoms with E-state index in [0.29, 0.717) is 12.6 Å². The van der Waals surface area contributed by atoms with E-state index >= 15 is 0 Å². The molecular weight excluding hydrogens is 427 g/mol. The van der Waals surface area contributed by atoms with Crippen molar-refractivity contribution in [3.05, 3.63) is 59.9 Å². The molecule has 0 saturated heterocycles. The molecule has 2 aromatic rings. The van der Waals surface area contributed by atoms with Gasteiger partial charge in [0.05, 0.1) is 13.7 Å². The number of ether oxygens (including phenoxy) is 1. The first kappa shape index (κ1) is 19.5. The lowest BCUT2D eigenvalue weighted by Crippen LogP contribution is -2.39. The zero-order chi connectivity index (χ0) is 16.6. The van der Waals surface area contributed by atoms with Crippen LogP contribution in [0, 0.1) is 0 Å². The maximum absolute atomic E-state index is 5.39. The van der Waals surface area contributed by atoms with Gasteiger partial charge in [-0.2, -0.15) is 0 Å². The first-order valence-corrected chi connectivity index (χ1v) is 8.42. The van der Waals surface area contributed by atoms with Crippen molar-refractivity contribution in [3.63, 3.8) is 0 Å². The van der Waals surface area contributed by atoms with Crippen LogP contribution < -0.4 is 15.4 Å². The zero-order valence-electron chi connectivity index (χ0n) is 14.4. The van der Waals surface area contributed by atoms with E-state index in [-0.39, 0.29) is 24.0 Å². The van der Waals surface area contributed by atoms with Gasteiger partial charge in [0.1, 0.15) is 5.75 Å². The van der Waals surface area contributed by atoms with Crippen molar-refractivity contribution in [3.8, 4) is 5.75 Å². The molecule has 5 nitrogen and oxygen atoms in total. The molecule has 0 atom stereocenters. The number of methoxy groups -OCH3 is 1. The molecular formula is C19H25IN4O. The predicted molar refractivity (Wildman–Crippen MR) is 112 cm³/mol. The lowest BCUT2D eigenvalue weighted by Gasteiger charge is -2.12. The molecule has 1 fully saturated rings. The molecule has 6 heteroatoms. The minimum absolute atomic E-state index is 0. The maximum Gasteiger partial charge on any atom is 0.191 e. The van der Waals surface area contributed by atoms with E-state index in [2.05, 4.69) is 15.6 Å². The first-order valence-electron chi connectivity index (χ1n) is 8.42. The largest absolute Gasteiger partial charge is 0.496 e. The number of para-hydroxylation sites is 1. The van der Waals surface area contributed by atoms with E-state index in [1.807, 2.05) is 48.7 Å². The van der Waals surface area contributed by atoms with Crippen molar-refractivity contribution < 1.29 is 4.74 Å². The third-order valence-electron chi connectivity index (χ3n) is 3.92. The SMILES string of the molecule is COc1ccccc1CN=C(NCCc1ccccn1)NC1CC1.I. The number of halogens is 1. The summed E-state index contributed by atoms with van der Waals surface area (Å²) in [5, 5.41) is 6.87. The molecule has 0 spiro atoms. The third kappa shape index (κ3) is 6.53. The Morgan fingerprint density at radius 2 is 2.00 bits per heavy atom. The second kappa shape index (κ2) is 10.2. The van der Waals surface area contributed by atoms with Crippen molar-refractivity contribution in [1.29, 1.82) is 0 Å². The number of nitrogens with zero attached hydrogens (tertiary/aromatic N) is 2. The van der Waals surface area contributed by atoms with Crippen LogP contribution in [0.1, 0.15) is 24.1 Å². The van der Waals surface area contributed by atoms with Crippen LogP contribution in [0.5, 0.6) is 5.75 Å². The highest BCUT2D eigenvalue weighted by Crippen LogP contribution is 2.19. The Hall–Kier alpha value is -1.83. The molecule has 134 valence electrons. The minimum atomic E-state index is 0. The lowest BCUT2D eigenvalue weighted by atomic mass is 10.2. The molecule has 0 unspecified atom stereocenters. The topological polar surface area (TPSA) is 58.5 Å². The molecule has 2 N–H and O–H groups in total. The summed E-state index contributed by atoms with van der Waals surface area (Å²) in [7, 11) is 1.69. The number of guanidine groups is 1. The van der Waals surface area contributed by atoms with Crippen molar-refractivity contribution in [2.75, 3.05) is 13.7 Å². The summed E-state index contributed by atoms with van der Waals surface area (Å²) in [6, 6.07) is 14.5. The molecule has 1 aliphatic rings. The van der Waals surface area contributed by atoms with Crippen molar-refractivity contribution in [2.45, 2.75) is 31.8 Å². The Bertz CT molecular complexity index is 674. The van der Waals surface area contributed by atoms with Crippen molar-refractivity contribution >= 4 is 29.9 Å². The van der Waals surface area contributed by atoms with Gasteiger partial charge < -0.3 is 15.4 Å². The van der Waals surface area contributed by atoms with Gasteiger partial charge in [-0.3, -0.25) is 4.98 Å². The van der Waals surface area contributed by atoms with Gasteiger partial charge in [-0.15, -0.1) is 24.0 Å². The van der Waals surface area contributed by atoms with Crippen molar-refractivity contribution in [1.82, 2.24) is 15.6 Å². The van der Waals surface area contributed by atoms with Crippen molar-refractivity contribution in [2.24, 2.45) is 4.99 Å². The van der Waals surface area contributed by atoms with Gasteiger partial charge in [0.25, 0.3) is 0 Å². The van der Waals surface area contributed by atoms with Gasteiger partial charge in [0.2, 0.25) is 0 Å². The average molecular weight is 452 g/mol. The molecule has 0 amide bonds. The third-order valence-corrected chi connectivity index (χ3v) is 3.92. The molecule has 0 aliphatic heterocycles. The maximum atomic E-state index is 5.39. The van der Waals surface area contributed by atoms with Crippen LogP contribution in [0.15, 0.2) is 53.7 Å². The Morgan fingerprint density at radius 1 is 1.20 bits per heavy atom. The van der Waals surface area contributed by atoms with E-state index in [4.69, 9.17) is 9.73 Å². The number of hydrogen-bond acceptors (Lipinski definition) is 3. The molecule has 1 aliphatic carbocycles. The molecule has 1 aromatic heterocycles. The Balaban J connectivity index is 0.00000225. The molecule has 1 aromatic carbocycles. The summed E-state index contributed by atoms with van der Waals surface area (Å²) < 4.78 is 5.39. The number of benzene rings is 1. The highest BCUT2D eigenvalue weighted by Gasteiger charge is 2.22. The number of aromatic nitrogens is 1. The Labute approximate surface area is 166 Å². The van der Waals surface area contributed by atoms with Crippen LogP contribution >= 0.6 is 24.0 Å². The predicted octanol–water partition coefficient (Wildman–Crippen LogP) is 3.15. The van der Waals surface area contributed by atoms with E-state index in [0.717, 1.165) is 35.9 Å². The van der Waals surface area contributed by atoms with Crippen LogP contribution in [0.2, 0.25) is 0 Å². The van der Waals surface area contributed by atoms with Crippen LogP contribution in [0.25, 0.3) is 0 Å². The summed E-state index contributed by atoms with van der Waals surface area (Å²) in [5.74, 6) is 1.74. The molecule has 1 saturated carbocycles. The Kier molecular flexibility index (Phi) is 7.97. The molecule has 3 rings (SSSR count). The number of rotatable bonds is 7. The van der Waals surface area contributed by atoms with Gasteiger partial charge in [-0.25, -0.2) is 4.99 Å². The summed E-state index contributed by atoms with van der Waals surface area (Å²) >= 11 is 0. The molecule has 0 bridgehead atoms. The fourth-order valence-corrected chi connectivity index (χ4v) is 2.43. The average Bonchev–Trinajstić information content (AvgIpc) is 3.44. The summed E-state index contributed by atoms with van der Waals surface area (Å²) in [6.07, 6.45) is 5.14. The normalized spacial score (nSPS) is 13.7. The monoisotopic (exact) mass is 452 g/mol. The quantitative estimate of drug-likeness (QED) is 0.385. The smallest absolute Gasteiger partial charge is 0.191 e. The minimum Gasteiger partial charge on any atom is -0.496 e. The first-order chi connectivity index (χ1) is 11.8. The van der Waals surface area contributed by atoms with Crippen LogP contribution in [0.4, 0.5) is 0 Å². The lowest BCUT2D eigenvalue weighted by molar-refractivity contribution is 0.410. The molecule has 25 heavy (non-hydrogen) atoms. The second-order valence-electron chi connectivity index (χ2n) is 5.89. The summed E-state index contributed by atoms with van der Waals surface area (Å²) in [4.78, 5) is 9.06. The van der Waals surface area contributed by atoms with Crippen LogP contribution in [0.3, 0.4) is 0 Å². The van der Waals surface area contributed by atoms with Gasteiger partial charge >= 0.3 is 0 Å². The molecule has 0 radical (unpaired) electrons. The standard InChI is InChI=1S/C19H24N4O.HI/c1-24-18-8-3-2-6-15(18)14-22-19(23-17-9-10-17)21-13-11-16-7-4-5-12-20-16;/h2-8,12,17H,9-11,13-14H2,1H3,(H2,21,22,23);1H. The number of nitrogens with one attached hydrogen (secondary N) is 2. The highest BCUT2D eigenvalue weighted by molar-refractivity contribution is 14.0. The van der Waals surface area contributed by atoms with Crippen LogP contribution in [-0.4, -0.2) is 30.6 Å².